The van der Waals surface area contributed by atoms with Gasteiger partial charge in [0.15, 0.2) is 0 Å². The maximum Gasteiger partial charge on any atom is 0.295 e. The van der Waals surface area contributed by atoms with Crippen molar-refractivity contribution in [3.63, 3.8) is 0 Å². The van der Waals surface area contributed by atoms with Crippen LogP contribution < -0.4 is 15.9 Å². The molecule has 1 N–H and O–H groups in total. The van der Waals surface area contributed by atoms with Crippen LogP contribution in [0.1, 0.15) is 0 Å². The molecule has 0 unspecified atom stereocenters. The van der Waals surface area contributed by atoms with E-state index in [0.29, 0.717) is 10.7 Å². The van der Waals surface area contributed by atoms with Crippen LogP contribution in [0.4, 0.5) is 0 Å². The van der Waals surface area contributed by atoms with Crippen molar-refractivity contribution >= 4 is 44.7 Å². The third-order valence-corrected chi connectivity index (χ3v) is 7.98. The van der Waals surface area contributed by atoms with Crippen molar-refractivity contribution < 1.29 is 13.0 Å². The summed E-state index contributed by atoms with van der Waals surface area (Å²) in [5.74, 6) is 0. The highest BCUT2D eigenvalue weighted by Gasteiger charge is 2.26. The van der Waals surface area contributed by atoms with Crippen LogP contribution in [-0.2, 0) is 10.1 Å². The highest BCUT2D eigenvalue weighted by Crippen LogP contribution is 2.37. The van der Waals surface area contributed by atoms with Crippen molar-refractivity contribution in [3.8, 4) is 0 Å². The second-order valence-corrected chi connectivity index (χ2v) is 9.66. The van der Waals surface area contributed by atoms with Gasteiger partial charge in [-0.25, -0.2) is 0 Å². The Bertz CT molecular complexity index is 1150. The number of benzene rings is 4. The molecule has 0 fully saturated rings. The predicted molar refractivity (Wildman–Crippen MR) is 112 cm³/mol. The van der Waals surface area contributed by atoms with Crippen molar-refractivity contribution in [2.24, 2.45) is 0 Å². The van der Waals surface area contributed by atoms with E-state index in [1.165, 1.54) is 0 Å². The molecule has 4 aromatic carbocycles. The summed E-state index contributed by atoms with van der Waals surface area (Å²) in [5.41, 5.74) is 0. The maximum atomic E-state index is 12.4. The fourth-order valence-electron chi connectivity index (χ4n) is 3.26. The number of fused-ring (bicyclic) bond motifs is 1. The summed E-state index contributed by atoms with van der Waals surface area (Å²) in [4.78, 5) is -0.000540. The molecule has 0 saturated heterocycles. The van der Waals surface area contributed by atoms with E-state index in [1.54, 1.807) is 12.1 Å². The van der Waals surface area contributed by atoms with Gasteiger partial charge >= 0.3 is 0 Å². The van der Waals surface area contributed by atoms with Crippen molar-refractivity contribution in [3.05, 3.63) is 97.1 Å². The lowest BCUT2D eigenvalue weighted by molar-refractivity contribution is 0.485. The molecule has 0 spiro atoms. The zero-order valence-electron chi connectivity index (χ0n) is 14.4. The van der Waals surface area contributed by atoms with Crippen LogP contribution in [0.15, 0.2) is 102 Å². The Morgan fingerprint density at radius 1 is 0.630 bits per heavy atom. The van der Waals surface area contributed by atoms with Gasteiger partial charge in [0.25, 0.3) is 10.1 Å². The summed E-state index contributed by atoms with van der Waals surface area (Å²) in [7, 11) is -5.55. The molecule has 0 aromatic heterocycles. The van der Waals surface area contributed by atoms with E-state index in [-0.39, 0.29) is 4.90 Å². The Morgan fingerprint density at radius 3 is 1.70 bits per heavy atom. The van der Waals surface area contributed by atoms with E-state index < -0.39 is 18.0 Å². The quantitative estimate of drug-likeness (QED) is 0.424. The van der Waals surface area contributed by atoms with Gasteiger partial charge < -0.3 is 0 Å². The van der Waals surface area contributed by atoms with Crippen LogP contribution in [0.2, 0.25) is 0 Å². The fourth-order valence-corrected chi connectivity index (χ4v) is 7.02. The SMILES string of the molecule is O=S(=O)(O)c1c(P(c2ccccc2)c2ccccc2)ccc2ccccc12. The van der Waals surface area contributed by atoms with Crippen LogP contribution in [-0.4, -0.2) is 13.0 Å². The summed E-state index contributed by atoms with van der Waals surface area (Å²) >= 11 is 0. The molecule has 0 radical (unpaired) electrons. The largest absolute Gasteiger partial charge is 0.295 e. The Kier molecular flexibility index (Phi) is 4.79. The van der Waals surface area contributed by atoms with Crippen LogP contribution in [0.3, 0.4) is 0 Å². The molecule has 4 aromatic rings. The molecule has 27 heavy (non-hydrogen) atoms. The molecule has 0 aliphatic heterocycles. The molecular weight excluding hydrogens is 375 g/mol. The van der Waals surface area contributed by atoms with Crippen LogP contribution in [0, 0.1) is 0 Å². The summed E-state index contributed by atoms with van der Waals surface area (Å²) in [6.45, 7) is 0. The summed E-state index contributed by atoms with van der Waals surface area (Å²) in [6.07, 6.45) is 0. The highest BCUT2D eigenvalue weighted by atomic mass is 32.2. The molecule has 0 bridgehead atoms. The lowest BCUT2D eigenvalue weighted by atomic mass is 10.1. The predicted octanol–water partition coefficient (Wildman–Crippen LogP) is 3.84. The summed E-state index contributed by atoms with van der Waals surface area (Å²) in [6, 6.07) is 30.6. The van der Waals surface area contributed by atoms with Gasteiger partial charge in [-0.2, -0.15) is 8.42 Å². The molecule has 0 atom stereocenters. The minimum absolute atomic E-state index is 0.000540. The molecule has 3 nitrogen and oxygen atoms in total. The molecular formula is C22H17O3PS. The van der Waals surface area contributed by atoms with Gasteiger partial charge in [-0.15, -0.1) is 0 Å². The summed E-state index contributed by atoms with van der Waals surface area (Å²) < 4.78 is 34.9. The lowest BCUT2D eigenvalue weighted by Crippen LogP contribution is -2.25. The van der Waals surface area contributed by atoms with Gasteiger partial charge in [0, 0.05) is 10.7 Å². The van der Waals surface area contributed by atoms with Crippen molar-refractivity contribution in [2.45, 2.75) is 4.90 Å². The van der Waals surface area contributed by atoms with Gasteiger partial charge in [0.05, 0.1) is 0 Å². The second-order valence-electron chi connectivity index (χ2n) is 6.12. The van der Waals surface area contributed by atoms with Crippen LogP contribution in [0.25, 0.3) is 10.8 Å². The normalized spacial score (nSPS) is 11.8. The lowest BCUT2D eigenvalue weighted by Gasteiger charge is -2.22. The third kappa shape index (κ3) is 3.52. The minimum Gasteiger partial charge on any atom is -0.282 e. The van der Waals surface area contributed by atoms with Crippen LogP contribution >= 0.6 is 7.92 Å². The monoisotopic (exact) mass is 392 g/mol. The zero-order valence-corrected chi connectivity index (χ0v) is 16.1. The fraction of sp³-hybridized carbons (Fsp3) is 0. The van der Waals surface area contributed by atoms with E-state index in [2.05, 4.69) is 0 Å². The molecule has 0 amide bonds. The third-order valence-electron chi connectivity index (χ3n) is 4.39. The Hall–Kier alpha value is -2.52. The Morgan fingerprint density at radius 2 is 1.15 bits per heavy atom. The van der Waals surface area contributed by atoms with Crippen LogP contribution in [0.5, 0.6) is 0 Å². The molecule has 4 rings (SSSR count). The van der Waals surface area contributed by atoms with Gasteiger partial charge in [-0.05, 0) is 23.9 Å². The van der Waals surface area contributed by atoms with E-state index >= 15 is 0 Å². The average molecular weight is 392 g/mol. The molecule has 0 aliphatic rings. The minimum atomic E-state index is -4.40. The topological polar surface area (TPSA) is 54.4 Å². The van der Waals surface area contributed by atoms with Crippen molar-refractivity contribution in [1.82, 2.24) is 0 Å². The molecule has 0 aliphatic carbocycles. The zero-order chi connectivity index (χ0) is 18.9. The van der Waals surface area contributed by atoms with Gasteiger partial charge in [0.2, 0.25) is 0 Å². The molecule has 0 heterocycles. The smallest absolute Gasteiger partial charge is 0.282 e. The Labute approximate surface area is 159 Å². The molecule has 5 heteroatoms. The maximum absolute atomic E-state index is 12.4. The number of rotatable bonds is 4. The van der Waals surface area contributed by atoms with E-state index in [1.807, 2.05) is 84.9 Å². The van der Waals surface area contributed by atoms with Crippen molar-refractivity contribution in [1.29, 1.82) is 0 Å². The first kappa shape index (κ1) is 17.9. The first-order chi connectivity index (χ1) is 13.1. The highest BCUT2D eigenvalue weighted by molar-refractivity contribution is 7.88. The Balaban J connectivity index is 2.08. The van der Waals surface area contributed by atoms with E-state index in [4.69, 9.17) is 0 Å². The van der Waals surface area contributed by atoms with E-state index in [0.717, 1.165) is 16.0 Å². The average Bonchev–Trinajstić information content (AvgIpc) is 2.69. The van der Waals surface area contributed by atoms with Gasteiger partial charge in [-0.1, -0.05) is 97.1 Å². The van der Waals surface area contributed by atoms with Crippen molar-refractivity contribution in [2.75, 3.05) is 0 Å². The number of hydrogen-bond donors (Lipinski definition) is 1. The van der Waals surface area contributed by atoms with Gasteiger partial charge in [0.1, 0.15) is 4.90 Å². The number of hydrogen-bond acceptors (Lipinski definition) is 2. The summed E-state index contributed by atoms with van der Waals surface area (Å²) in [5, 5.41) is 4.00. The van der Waals surface area contributed by atoms with Gasteiger partial charge in [-0.3, -0.25) is 4.55 Å². The second kappa shape index (κ2) is 7.24. The first-order valence-corrected chi connectivity index (χ1v) is 11.2. The standard InChI is InChI=1S/C22H17O3PS/c23-27(24,25)22-20-14-8-7-9-17(20)15-16-21(22)26(18-10-3-1-4-11-18)19-12-5-2-6-13-19/h1-16H,(H,23,24,25). The molecule has 0 saturated carbocycles. The molecule has 134 valence electrons. The first-order valence-electron chi connectivity index (χ1n) is 8.45. The van der Waals surface area contributed by atoms with E-state index in [9.17, 15) is 13.0 Å².